The van der Waals surface area contributed by atoms with Gasteiger partial charge in [-0.1, -0.05) is 39.3 Å². The fraction of sp³-hybridized carbons (Fsp3) is 0.824. The van der Waals surface area contributed by atoms with Gasteiger partial charge in [-0.25, -0.2) is 17.6 Å². The molecule has 0 amide bonds. The molecule has 0 radical (unpaired) electrons. The molecule has 0 rings (SSSR count). The monoisotopic (exact) mass is 400 g/mol. The number of hydrogen-bond donors (Lipinski definition) is 1. The van der Waals surface area contributed by atoms with Crippen LogP contribution in [0.3, 0.4) is 0 Å². The van der Waals surface area contributed by atoms with Crippen molar-refractivity contribution in [3.05, 3.63) is 11.8 Å². The number of carbonyl (C=O) groups is 1. The van der Waals surface area contributed by atoms with Gasteiger partial charge in [-0.05, 0) is 27.7 Å². The first-order chi connectivity index (χ1) is 10.5. The predicted molar refractivity (Wildman–Crippen MR) is 99.9 cm³/mol. The second kappa shape index (κ2) is 6.51. The maximum absolute atomic E-state index is 14.7. The summed E-state index contributed by atoms with van der Waals surface area (Å²) in [6, 6.07) is 0. The van der Waals surface area contributed by atoms with E-state index in [0.717, 1.165) is 27.7 Å². The molecule has 1 N–H and O–H groups in total. The van der Waals surface area contributed by atoms with Gasteiger partial charge in [-0.2, -0.15) is 0 Å². The van der Waals surface area contributed by atoms with Crippen molar-refractivity contribution >= 4 is 21.9 Å². The average Bonchev–Trinajstić information content (AvgIpc) is 2.34. The highest BCUT2D eigenvalue weighted by molar-refractivity contribution is 6.79. The first kappa shape index (κ1) is 24.4. The number of rotatable bonds is 7. The van der Waals surface area contributed by atoms with E-state index in [0.29, 0.717) is 6.08 Å². The second-order valence-corrected chi connectivity index (χ2v) is 20.0. The summed E-state index contributed by atoms with van der Waals surface area (Å²) in [4.78, 5) is 12.5. The summed E-state index contributed by atoms with van der Waals surface area (Å²) >= 11 is 0. The van der Waals surface area contributed by atoms with Gasteiger partial charge in [0.15, 0.2) is 5.78 Å². The molecule has 0 aliphatic carbocycles. The standard InChI is InChI=1S/C17H32F4O2Si2/c1-14(2,16(18,19)24(5,6)7)12(22)11-13(23)15(3,4)17(20,21)25(8,9)10/h11,22H,1-10H3/b12-11-. The minimum Gasteiger partial charge on any atom is -0.511 e. The Morgan fingerprint density at radius 2 is 1.04 bits per heavy atom. The molecule has 0 aromatic heterocycles. The normalized spacial score (nSPS) is 16.2. The Hall–Kier alpha value is -0.636. The minimum atomic E-state index is -3.26. The summed E-state index contributed by atoms with van der Waals surface area (Å²) in [5.74, 6) is -1.90. The number of allylic oxidation sites excluding steroid dienone is 2. The molecule has 0 unspecified atom stereocenters. The molecule has 0 saturated carbocycles. The zero-order valence-corrected chi connectivity index (χ0v) is 18.9. The highest BCUT2D eigenvalue weighted by Crippen LogP contribution is 2.48. The van der Waals surface area contributed by atoms with E-state index in [1.807, 2.05) is 0 Å². The molecule has 8 heteroatoms. The Morgan fingerprint density at radius 1 is 0.760 bits per heavy atom. The molecule has 25 heavy (non-hydrogen) atoms. The molecule has 0 aromatic carbocycles. The zero-order valence-electron chi connectivity index (χ0n) is 16.9. The third kappa shape index (κ3) is 4.04. The van der Waals surface area contributed by atoms with Crippen molar-refractivity contribution in [1.29, 1.82) is 0 Å². The van der Waals surface area contributed by atoms with E-state index in [-0.39, 0.29) is 0 Å². The summed E-state index contributed by atoms with van der Waals surface area (Å²) in [5, 5.41) is 10.2. The third-order valence-electron chi connectivity index (χ3n) is 4.98. The van der Waals surface area contributed by atoms with Gasteiger partial charge in [0.1, 0.15) is 21.9 Å². The second-order valence-electron chi connectivity index (χ2n) is 9.79. The summed E-state index contributed by atoms with van der Waals surface area (Å²) in [5.41, 5.74) is -10.6. The van der Waals surface area contributed by atoms with Crippen LogP contribution >= 0.6 is 0 Å². The summed E-state index contributed by atoms with van der Waals surface area (Å²) in [6.45, 7) is 13.1. The molecule has 0 aromatic rings. The number of carbonyl (C=O) groups excluding carboxylic acids is 1. The quantitative estimate of drug-likeness (QED) is 0.243. The number of ketones is 1. The maximum Gasteiger partial charge on any atom is 0.241 e. The first-order valence-corrected chi connectivity index (χ1v) is 15.3. The molecule has 0 aliphatic heterocycles. The van der Waals surface area contributed by atoms with Crippen LogP contribution in [0, 0.1) is 10.8 Å². The molecule has 0 aliphatic rings. The molecular weight excluding hydrogens is 368 g/mol. The van der Waals surface area contributed by atoms with Crippen LogP contribution in [-0.2, 0) is 4.79 Å². The number of halogens is 4. The lowest BCUT2D eigenvalue weighted by atomic mass is 9.84. The molecular formula is C17H32F4O2Si2. The lowest BCUT2D eigenvalue weighted by Gasteiger charge is -2.42. The maximum atomic E-state index is 14.7. The van der Waals surface area contributed by atoms with Crippen molar-refractivity contribution in [1.82, 2.24) is 0 Å². The van der Waals surface area contributed by atoms with Crippen LogP contribution in [0.5, 0.6) is 0 Å². The van der Waals surface area contributed by atoms with E-state index in [1.54, 1.807) is 0 Å². The Morgan fingerprint density at radius 3 is 1.32 bits per heavy atom. The molecule has 2 nitrogen and oxygen atoms in total. The van der Waals surface area contributed by atoms with E-state index in [1.165, 1.54) is 39.3 Å². The fourth-order valence-electron chi connectivity index (χ4n) is 2.68. The Balaban J connectivity index is 6.02. The van der Waals surface area contributed by atoms with Gasteiger partial charge < -0.3 is 5.11 Å². The lowest BCUT2D eigenvalue weighted by Crippen LogP contribution is -2.58. The largest absolute Gasteiger partial charge is 0.511 e. The van der Waals surface area contributed by atoms with Crippen molar-refractivity contribution in [2.75, 3.05) is 0 Å². The van der Waals surface area contributed by atoms with Crippen molar-refractivity contribution in [2.24, 2.45) is 10.8 Å². The molecule has 0 fully saturated rings. The first-order valence-electron chi connectivity index (χ1n) is 8.26. The fourth-order valence-corrected chi connectivity index (χ4v) is 6.68. The van der Waals surface area contributed by atoms with Crippen LogP contribution < -0.4 is 0 Å². The molecule has 0 saturated heterocycles. The van der Waals surface area contributed by atoms with Gasteiger partial charge in [-0.15, -0.1) is 0 Å². The van der Waals surface area contributed by atoms with Gasteiger partial charge in [-0.3, -0.25) is 4.79 Å². The summed E-state index contributed by atoms with van der Waals surface area (Å²) in [6.07, 6.45) is 0.572. The highest BCUT2D eigenvalue weighted by Gasteiger charge is 2.61. The molecule has 0 heterocycles. The number of aliphatic hydroxyl groups is 1. The van der Waals surface area contributed by atoms with Crippen molar-refractivity contribution in [3.63, 3.8) is 0 Å². The van der Waals surface area contributed by atoms with Gasteiger partial charge in [0, 0.05) is 6.08 Å². The molecule has 148 valence electrons. The summed E-state index contributed by atoms with van der Waals surface area (Å²) < 4.78 is 58.9. The van der Waals surface area contributed by atoms with Crippen molar-refractivity contribution in [3.8, 4) is 0 Å². The number of alkyl halides is 4. The van der Waals surface area contributed by atoms with Crippen molar-refractivity contribution in [2.45, 2.75) is 78.1 Å². The van der Waals surface area contributed by atoms with Crippen LogP contribution in [0.15, 0.2) is 11.8 Å². The van der Waals surface area contributed by atoms with Crippen LogP contribution in [0.2, 0.25) is 39.3 Å². The Kier molecular flexibility index (Phi) is 6.35. The van der Waals surface area contributed by atoms with Gasteiger partial charge >= 0.3 is 0 Å². The SMILES string of the molecule is CC(C)(C(=O)/C=C(\O)C(C)(C)C(F)(F)[Si](C)(C)C)C(F)(F)[Si](C)(C)C. The predicted octanol–water partition coefficient (Wildman–Crippen LogP) is 6.08. The Labute approximate surface area is 150 Å². The van der Waals surface area contributed by atoms with E-state index < -0.39 is 49.6 Å². The van der Waals surface area contributed by atoms with Gasteiger partial charge in [0.2, 0.25) is 11.1 Å². The average molecular weight is 401 g/mol. The van der Waals surface area contributed by atoms with Crippen LogP contribution in [0.25, 0.3) is 0 Å². The van der Waals surface area contributed by atoms with Crippen LogP contribution in [0.4, 0.5) is 17.6 Å². The smallest absolute Gasteiger partial charge is 0.241 e. The van der Waals surface area contributed by atoms with Crippen LogP contribution in [-0.4, -0.2) is 38.1 Å². The topological polar surface area (TPSA) is 37.3 Å². The Bertz CT molecular complexity index is 554. The minimum absolute atomic E-state index is 0.572. The lowest BCUT2D eigenvalue weighted by molar-refractivity contribution is -0.135. The zero-order chi connectivity index (χ0) is 20.9. The summed E-state index contributed by atoms with van der Waals surface area (Å²) in [7, 11) is -6.09. The molecule has 0 bridgehead atoms. The van der Waals surface area contributed by atoms with Crippen molar-refractivity contribution < 1.29 is 27.5 Å². The van der Waals surface area contributed by atoms with Gasteiger partial charge in [0.05, 0.1) is 10.8 Å². The van der Waals surface area contributed by atoms with E-state index in [2.05, 4.69) is 0 Å². The van der Waals surface area contributed by atoms with Crippen LogP contribution in [0.1, 0.15) is 27.7 Å². The number of aliphatic hydroxyl groups excluding tert-OH is 1. The van der Waals surface area contributed by atoms with E-state index in [9.17, 15) is 27.5 Å². The van der Waals surface area contributed by atoms with E-state index >= 15 is 0 Å². The van der Waals surface area contributed by atoms with Gasteiger partial charge in [0.25, 0.3) is 0 Å². The molecule has 0 atom stereocenters. The van der Waals surface area contributed by atoms with E-state index in [4.69, 9.17) is 0 Å². The highest BCUT2D eigenvalue weighted by atomic mass is 28.3. The molecule has 0 spiro atoms. The third-order valence-corrected chi connectivity index (χ3v) is 10.00. The number of hydrogen-bond acceptors (Lipinski definition) is 2.